The fourth-order valence-corrected chi connectivity index (χ4v) is 4.57. The van der Waals surface area contributed by atoms with E-state index in [1.165, 1.54) is 16.4 Å². The predicted octanol–water partition coefficient (Wildman–Crippen LogP) is 1.70. The molecule has 1 saturated heterocycles. The number of rotatable bonds is 6. The fourth-order valence-electron chi connectivity index (χ4n) is 3.00. The summed E-state index contributed by atoms with van der Waals surface area (Å²) in [5, 5.41) is 11.8. The molecule has 0 aliphatic carbocycles. The van der Waals surface area contributed by atoms with Crippen LogP contribution in [0.5, 0.6) is 0 Å². The number of sulfonamides is 1. The highest BCUT2D eigenvalue weighted by Gasteiger charge is 2.31. The zero-order valence-electron chi connectivity index (χ0n) is 17.6. The van der Waals surface area contributed by atoms with Crippen LogP contribution >= 0.6 is 0 Å². The van der Waals surface area contributed by atoms with E-state index in [0.29, 0.717) is 13.0 Å². The Balaban J connectivity index is 1.80. The largest absolute Gasteiger partial charge is 0.444 e. The van der Waals surface area contributed by atoms with E-state index in [1.54, 1.807) is 37.8 Å². The maximum Gasteiger partial charge on any atom is 0.407 e. The van der Waals surface area contributed by atoms with E-state index in [2.05, 4.69) is 5.32 Å². The summed E-state index contributed by atoms with van der Waals surface area (Å²) >= 11 is 0. The normalized spacial score (nSPS) is 15.3. The van der Waals surface area contributed by atoms with E-state index in [0.717, 1.165) is 0 Å². The van der Waals surface area contributed by atoms with Gasteiger partial charge in [-0.25, -0.2) is 13.2 Å². The number of alkyl carbamates (subject to hydrolysis) is 1. The van der Waals surface area contributed by atoms with Gasteiger partial charge in [0.05, 0.1) is 10.5 Å². The smallest absolute Gasteiger partial charge is 0.407 e. The van der Waals surface area contributed by atoms with Crippen molar-refractivity contribution in [3.8, 4) is 6.07 Å². The molecule has 0 saturated carbocycles. The quantitative estimate of drug-likeness (QED) is 0.678. The minimum Gasteiger partial charge on any atom is -0.444 e. The SMILES string of the molecule is CC(C)(C)OC(=O)NCCCC(=O)N1CCN(S(=O)(=O)c2ccccc2C#N)CC1. The van der Waals surface area contributed by atoms with Gasteiger partial charge < -0.3 is 15.0 Å². The lowest BCUT2D eigenvalue weighted by Gasteiger charge is -2.34. The first-order valence-electron chi connectivity index (χ1n) is 9.78. The lowest BCUT2D eigenvalue weighted by Crippen LogP contribution is -2.50. The molecule has 0 unspecified atom stereocenters. The number of ether oxygens (including phenoxy) is 1. The maximum absolute atomic E-state index is 12.8. The van der Waals surface area contributed by atoms with E-state index < -0.39 is 21.7 Å². The number of hydrogen-bond donors (Lipinski definition) is 1. The molecule has 10 heteroatoms. The number of amides is 2. The summed E-state index contributed by atoms with van der Waals surface area (Å²) in [6, 6.07) is 8.00. The van der Waals surface area contributed by atoms with Gasteiger partial charge in [-0.1, -0.05) is 12.1 Å². The van der Waals surface area contributed by atoms with E-state index in [9.17, 15) is 18.0 Å². The predicted molar refractivity (Wildman–Crippen MR) is 110 cm³/mol. The van der Waals surface area contributed by atoms with Crippen LogP contribution in [0.2, 0.25) is 0 Å². The molecule has 1 aliphatic rings. The summed E-state index contributed by atoms with van der Waals surface area (Å²) in [7, 11) is -3.79. The number of nitriles is 1. The Bertz CT molecular complexity index is 910. The summed E-state index contributed by atoms with van der Waals surface area (Å²) < 4.78 is 32.1. The molecule has 0 aromatic heterocycles. The monoisotopic (exact) mass is 436 g/mol. The van der Waals surface area contributed by atoms with Gasteiger partial charge in [-0.2, -0.15) is 9.57 Å². The van der Waals surface area contributed by atoms with Gasteiger partial charge in [0.25, 0.3) is 0 Å². The van der Waals surface area contributed by atoms with Crippen LogP contribution in [-0.4, -0.2) is 67.9 Å². The van der Waals surface area contributed by atoms with Gasteiger partial charge >= 0.3 is 6.09 Å². The van der Waals surface area contributed by atoms with Gasteiger partial charge in [0.2, 0.25) is 15.9 Å². The highest BCUT2D eigenvalue weighted by atomic mass is 32.2. The van der Waals surface area contributed by atoms with Gasteiger partial charge in [-0.15, -0.1) is 0 Å². The third-order valence-corrected chi connectivity index (χ3v) is 6.41. The molecular weight excluding hydrogens is 408 g/mol. The first-order valence-corrected chi connectivity index (χ1v) is 11.2. The van der Waals surface area contributed by atoms with E-state index >= 15 is 0 Å². The van der Waals surface area contributed by atoms with Crippen molar-refractivity contribution in [2.75, 3.05) is 32.7 Å². The molecule has 30 heavy (non-hydrogen) atoms. The molecule has 0 bridgehead atoms. The van der Waals surface area contributed by atoms with Crippen LogP contribution in [0.1, 0.15) is 39.2 Å². The van der Waals surface area contributed by atoms with Crippen molar-refractivity contribution < 1.29 is 22.7 Å². The van der Waals surface area contributed by atoms with Crippen molar-refractivity contribution in [3.63, 3.8) is 0 Å². The second-order valence-corrected chi connectivity index (χ2v) is 9.83. The molecule has 0 atom stereocenters. The van der Waals surface area contributed by atoms with Crippen LogP contribution in [0.15, 0.2) is 29.2 Å². The van der Waals surface area contributed by atoms with Crippen LogP contribution in [0.4, 0.5) is 4.79 Å². The Morgan fingerprint density at radius 1 is 1.17 bits per heavy atom. The van der Waals surface area contributed by atoms with E-state index in [1.807, 2.05) is 6.07 Å². The molecule has 1 N–H and O–H groups in total. The molecule has 0 spiro atoms. The summed E-state index contributed by atoms with van der Waals surface area (Å²) in [4.78, 5) is 25.6. The van der Waals surface area contributed by atoms with Crippen molar-refractivity contribution in [1.82, 2.24) is 14.5 Å². The molecular formula is C20H28N4O5S. The summed E-state index contributed by atoms with van der Waals surface area (Å²) in [5.74, 6) is -0.0875. The molecule has 0 radical (unpaired) electrons. The Labute approximate surface area is 177 Å². The van der Waals surface area contributed by atoms with Crippen molar-refractivity contribution in [2.24, 2.45) is 0 Å². The number of benzene rings is 1. The third kappa shape index (κ3) is 6.43. The molecule has 2 amide bonds. The van der Waals surface area contributed by atoms with Crippen molar-refractivity contribution >= 4 is 22.0 Å². The van der Waals surface area contributed by atoms with Crippen LogP contribution in [0.25, 0.3) is 0 Å². The average molecular weight is 437 g/mol. The lowest BCUT2D eigenvalue weighted by atomic mass is 10.2. The second-order valence-electron chi connectivity index (χ2n) is 7.93. The Kier molecular flexibility index (Phi) is 7.81. The van der Waals surface area contributed by atoms with Crippen molar-refractivity contribution in [3.05, 3.63) is 29.8 Å². The minimum absolute atomic E-state index is 0.0134. The molecule has 1 heterocycles. The highest BCUT2D eigenvalue weighted by molar-refractivity contribution is 7.89. The van der Waals surface area contributed by atoms with Gasteiger partial charge in [0, 0.05) is 39.1 Å². The Morgan fingerprint density at radius 3 is 2.40 bits per heavy atom. The van der Waals surface area contributed by atoms with E-state index in [-0.39, 0.29) is 49.0 Å². The molecule has 9 nitrogen and oxygen atoms in total. The molecule has 164 valence electrons. The minimum atomic E-state index is -3.79. The molecule has 1 aromatic carbocycles. The number of carbonyl (C=O) groups is 2. The van der Waals surface area contributed by atoms with Crippen molar-refractivity contribution in [1.29, 1.82) is 5.26 Å². The standard InChI is InChI=1S/C20H28N4O5S/c1-20(2,3)29-19(26)22-10-6-9-18(25)23-11-13-24(14-12-23)30(27,28)17-8-5-4-7-16(17)15-21/h4-5,7-8H,6,9-14H2,1-3H3,(H,22,26). The van der Waals surface area contributed by atoms with Crippen molar-refractivity contribution in [2.45, 2.75) is 44.1 Å². The Hall–Kier alpha value is -2.64. The zero-order chi connectivity index (χ0) is 22.4. The van der Waals surface area contributed by atoms with Gasteiger partial charge in [0.1, 0.15) is 11.7 Å². The topological polar surface area (TPSA) is 120 Å². The average Bonchev–Trinajstić information content (AvgIpc) is 2.69. The van der Waals surface area contributed by atoms with E-state index in [4.69, 9.17) is 10.00 Å². The summed E-state index contributed by atoms with van der Waals surface area (Å²) in [6.07, 6.45) is 0.192. The van der Waals surface area contributed by atoms with Gasteiger partial charge in [-0.05, 0) is 39.3 Å². The van der Waals surface area contributed by atoms with Crippen LogP contribution < -0.4 is 5.32 Å². The van der Waals surface area contributed by atoms with Crippen LogP contribution in [-0.2, 0) is 19.6 Å². The first kappa shape index (κ1) is 23.6. The van der Waals surface area contributed by atoms with Crippen LogP contribution in [0.3, 0.4) is 0 Å². The molecule has 2 rings (SSSR count). The molecule has 1 aliphatic heterocycles. The highest BCUT2D eigenvalue weighted by Crippen LogP contribution is 2.21. The second kappa shape index (κ2) is 9.91. The number of carbonyl (C=O) groups excluding carboxylic acids is 2. The third-order valence-electron chi connectivity index (χ3n) is 4.45. The lowest BCUT2D eigenvalue weighted by molar-refractivity contribution is -0.132. The molecule has 1 fully saturated rings. The molecule has 1 aromatic rings. The number of nitrogens with one attached hydrogen (secondary N) is 1. The van der Waals surface area contributed by atoms with Crippen LogP contribution in [0, 0.1) is 11.3 Å². The Morgan fingerprint density at radius 2 is 1.80 bits per heavy atom. The van der Waals surface area contributed by atoms with Gasteiger partial charge in [-0.3, -0.25) is 4.79 Å². The number of hydrogen-bond acceptors (Lipinski definition) is 6. The zero-order valence-corrected chi connectivity index (χ0v) is 18.4. The van der Waals surface area contributed by atoms with Gasteiger partial charge in [0.15, 0.2) is 0 Å². The summed E-state index contributed by atoms with van der Waals surface area (Å²) in [6.45, 7) is 6.55. The number of piperazine rings is 1. The first-order chi connectivity index (χ1) is 14.0. The maximum atomic E-state index is 12.8. The number of nitrogens with zero attached hydrogens (tertiary/aromatic N) is 3. The summed E-state index contributed by atoms with van der Waals surface area (Å²) in [5.41, 5.74) is -0.471. The fraction of sp³-hybridized carbons (Fsp3) is 0.550.